The summed E-state index contributed by atoms with van der Waals surface area (Å²) >= 11 is 0. The molecule has 0 unspecified atom stereocenters. The van der Waals surface area contributed by atoms with Crippen LogP contribution in [0.1, 0.15) is 13.8 Å². The van der Waals surface area contributed by atoms with E-state index in [0.717, 1.165) is 6.92 Å². The number of hydrogen-bond donors (Lipinski definition) is 9. The monoisotopic (exact) mass is 634 g/mol. The van der Waals surface area contributed by atoms with E-state index in [1.807, 2.05) is 0 Å². The van der Waals surface area contributed by atoms with Gasteiger partial charge in [-0.1, -0.05) is 5.11 Å². The van der Waals surface area contributed by atoms with Crippen LogP contribution in [0.4, 0.5) is 0 Å². The number of carbonyl (C=O) groups excluding carboxylic acids is 1. The minimum absolute atomic E-state index is 0.718. The number of nitrogens with one attached hydrogen (secondary N) is 1. The molecule has 22 heteroatoms. The van der Waals surface area contributed by atoms with Crippen LogP contribution in [0.15, 0.2) is 5.11 Å². The first kappa shape index (κ1) is 34.7. The van der Waals surface area contributed by atoms with Crippen molar-refractivity contribution < 1.29 is 81.4 Å². The lowest BCUT2D eigenvalue weighted by Crippen LogP contribution is -2.69. The Hall–Kier alpha value is -1.83. The molecule has 3 heterocycles. The van der Waals surface area contributed by atoms with Gasteiger partial charge in [0.2, 0.25) is 5.91 Å². The van der Waals surface area contributed by atoms with Crippen LogP contribution in [0, 0.1) is 0 Å². The second-order valence-corrected chi connectivity index (χ2v) is 10.8. The molecule has 9 N–H and O–H groups in total. The fourth-order valence-corrected chi connectivity index (χ4v) is 5.30. The van der Waals surface area contributed by atoms with E-state index in [-0.39, 0.29) is 0 Å². The molecular weight excluding hydrogens is 600 g/mol. The Morgan fingerprint density at radius 2 is 1.48 bits per heavy atom. The zero-order valence-electron chi connectivity index (χ0n) is 22.1. The van der Waals surface area contributed by atoms with Gasteiger partial charge in [-0.2, -0.15) is 8.42 Å². The Morgan fingerprint density at radius 3 is 2.02 bits per heavy atom. The molecule has 15 atom stereocenters. The highest BCUT2D eigenvalue weighted by Gasteiger charge is 2.55. The second kappa shape index (κ2) is 14.3. The highest BCUT2D eigenvalue weighted by Crippen LogP contribution is 2.34. The highest BCUT2D eigenvalue weighted by atomic mass is 32.3. The van der Waals surface area contributed by atoms with E-state index in [0.29, 0.717) is 0 Å². The number of nitrogens with zero attached hydrogens (tertiary/aromatic N) is 3. The van der Waals surface area contributed by atoms with Crippen LogP contribution >= 0.6 is 0 Å². The Balaban J connectivity index is 2.03. The number of rotatable bonds is 10. The number of carbonyl (C=O) groups is 1. The maximum absolute atomic E-state index is 12.1. The summed E-state index contributed by atoms with van der Waals surface area (Å²) in [7, 11) is -5.26. The van der Waals surface area contributed by atoms with E-state index >= 15 is 0 Å². The Kier molecular flexibility index (Phi) is 11.8. The SMILES string of the molecule is CC(=O)N[C@@H]1[C@@H](O[C@@H]2O[C@@H](C)[C@@H](O)[C@@H](O)[C@@H]2O)[C@H](O[C@@H]2O[C@H](CO)[C@H](O)[C@H](OS(=O)(=O)O)[C@H]2O)[C@@H](CO)O[C@H]1N=[N+]=[N-]. The Bertz CT molecular complexity index is 1080. The van der Waals surface area contributed by atoms with Crippen molar-refractivity contribution in [3.8, 4) is 0 Å². The van der Waals surface area contributed by atoms with Crippen LogP contribution in [0.25, 0.3) is 10.4 Å². The first-order valence-electron chi connectivity index (χ1n) is 12.5. The van der Waals surface area contributed by atoms with Crippen molar-refractivity contribution in [3.63, 3.8) is 0 Å². The summed E-state index contributed by atoms with van der Waals surface area (Å²) in [5, 5.41) is 77.5. The third-order valence-electron chi connectivity index (χ3n) is 6.83. The molecule has 0 saturated carbocycles. The van der Waals surface area contributed by atoms with Gasteiger partial charge >= 0.3 is 10.4 Å². The van der Waals surface area contributed by atoms with Crippen molar-refractivity contribution in [2.45, 2.75) is 106 Å². The van der Waals surface area contributed by atoms with Gasteiger partial charge in [0.15, 0.2) is 18.8 Å². The number of aliphatic hydroxyl groups excluding tert-OH is 7. The molecule has 0 aromatic carbocycles. The van der Waals surface area contributed by atoms with Gasteiger partial charge in [0, 0.05) is 11.8 Å². The quantitative estimate of drug-likeness (QED) is 0.0469. The molecule has 0 spiro atoms. The van der Waals surface area contributed by atoms with Crippen molar-refractivity contribution in [2.75, 3.05) is 13.2 Å². The first-order chi connectivity index (χ1) is 19.6. The lowest BCUT2D eigenvalue weighted by atomic mass is 9.94. The summed E-state index contributed by atoms with van der Waals surface area (Å²) in [6, 6.07) is -1.48. The van der Waals surface area contributed by atoms with Gasteiger partial charge in [-0.15, -0.1) is 0 Å². The largest absolute Gasteiger partial charge is 0.397 e. The van der Waals surface area contributed by atoms with E-state index in [1.54, 1.807) is 0 Å². The van der Waals surface area contributed by atoms with Crippen LogP contribution < -0.4 is 5.32 Å². The zero-order chi connectivity index (χ0) is 31.5. The number of aliphatic hydroxyl groups is 7. The molecule has 0 aromatic rings. The van der Waals surface area contributed by atoms with E-state index in [4.69, 9.17) is 33.8 Å². The minimum atomic E-state index is -5.26. The molecule has 0 aliphatic carbocycles. The second-order valence-electron chi connectivity index (χ2n) is 9.76. The molecule has 3 saturated heterocycles. The fourth-order valence-electron chi connectivity index (χ4n) is 4.79. The molecule has 0 bridgehead atoms. The van der Waals surface area contributed by atoms with E-state index < -0.39 is 122 Å². The fraction of sp³-hybridized carbons (Fsp3) is 0.950. The van der Waals surface area contributed by atoms with Gasteiger partial charge in [-0.3, -0.25) is 9.35 Å². The summed E-state index contributed by atoms with van der Waals surface area (Å²) in [5.74, 6) is -0.718. The van der Waals surface area contributed by atoms with Crippen LogP contribution in [-0.4, -0.2) is 160 Å². The van der Waals surface area contributed by atoms with Crippen LogP contribution in [-0.2, 0) is 43.1 Å². The normalized spacial score (nSPS) is 44.7. The van der Waals surface area contributed by atoms with E-state index in [2.05, 4.69) is 19.5 Å². The molecule has 3 aliphatic heterocycles. The van der Waals surface area contributed by atoms with Gasteiger partial charge in [-0.25, -0.2) is 4.18 Å². The summed E-state index contributed by atoms with van der Waals surface area (Å²) in [4.78, 5) is 14.7. The smallest absolute Gasteiger partial charge is 0.394 e. The molecule has 3 fully saturated rings. The molecule has 1 amide bonds. The number of ether oxygens (including phenoxy) is 5. The lowest BCUT2D eigenvalue weighted by molar-refractivity contribution is -0.359. The predicted octanol–water partition coefficient (Wildman–Crippen LogP) is -5.26. The number of amides is 1. The Labute approximate surface area is 238 Å². The van der Waals surface area contributed by atoms with Crippen LogP contribution in [0.2, 0.25) is 0 Å². The van der Waals surface area contributed by atoms with Crippen molar-refractivity contribution in [1.29, 1.82) is 0 Å². The molecule has 0 radical (unpaired) electrons. The van der Waals surface area contributed by atoms with Crippen molar-refractivity contribution >= 4 is 16.3 Å². The molecule has 42 heavy (non-hydrogen) atoms. The Morgan fingerprint density at radius 1 is 0.881 bits per heavy atom. The first-order valence-corrected chi connectivity index (χ1v) is 13.9. The van der Waals surface area contributed by atoms with E-state index in [9.17, 15) is 49.0 Å². The molecule has 242 valence electrons. The number of hydrogen-bond acceptors (Lipinski definition) is 17. The molecule has 3 aliphatic rings. The van der Waals surface area contributed by atoms with Gasteiger partial charge in [0.1, 0.15) is 61.0 Å². The third-order valence-corrected chi connectivity index (χ3v) is 7.29. The summed E-state index contributed by atoms with van der Waals surface area (Å²) < 4.78 is 64.2. The van der Waals surface area contributed by atoms with Crippen LogP contribution in [0.3, 0.4) is 0 Å². The van der Waals surface area contributed by atoms with Gasteiger partial charge in [0.05, 0.1) is 25.4 Å². The topological polar surface area (TPSA) is 329 Å². The highest BCUT2D eigenvalue weighted by molar-refractivity contribution is 7.80. The van der Waals surface area contributed by atoms with Crippen molar-refractivity contribution in [2.24, 2.45) is 5.11 Å². The molecule has 0 aromatic heterocycles. The average molecular weight is 635 g/mol. The van der Waals surface area contributed by atoms with Crippen LogP contribution in [0.5, 0.6) is 0 Å². The summed E-state index contributed by atoms with van der Waals surface area (Å²) in [6.45, 7) is 0.559. The van der Waals surface area contributed by atoms with Gasteiger partial charge in [0.25, 0.3) is 0 Å². The summed E-state index contributed by atoms with van der Waals surface area (Å²) in [6.07, 6.45) is -24.5. The van der Waals surface area contributed by atoms with Crippen molar-refractivity contribution in [3.05, 3.63) is 10.4 Å². The standard InChI is InChI=1S/C20H34N4O17S/c1-5-10(28)12(30)13(31)19(36-5)40-16-9(22-6(2)27)18(23-24-21)37-8(4-26)15(16)39-20-14(32)17(41-42(33,34)35)11(29)7(3-25)38-20/h5,7-20,25-26,28-32H,3-4H2,1-2H3,(H,22,27)(H,33,34,35)/t5-,7+,8+,9+,10+,11-,12+,13-,14+,15+,16+,17-,18+,19-,20-/m0/s1. The maximum atomic E-state index is 12.1. The molecular formula is C20H34N4O17S. The number of azide groups is 1. The molecule has 3 rings (SSSR count). The van der Waals surface area contributed by atoms with Gasteiger partial charge < -0.3 is 64.7 Å². The van der Waals surface area contributed by atoms with E-state index in [1.165, 1.54) is 6.92 Å². The summed E-state index contributed by atoms with van der Waals surface area (Å²) in [5.41, 5.74) is 9.06. The maximum Gasteiger partial charge on any atom is 0.397 e. The van der Waals surface area contributed by atoms with Gasteiger partial charge in [-0.05, 0) is 12.5 Å². The third kappa shape index (κ3) is 7.81. The predicted molar refractivity (Wildman–Crippen MR) is 129 cm³/mol. The van der Waals surface area contributed by atoms with Crippen molar-refractivity contribution in [1.82, 2.24) is 5.32 Å². The zero-order valence-corrected chi connectivity index (χ0v) is 22.9. The minimum Gasteiger partial charge on any atom is -0.394 e. The average Bonchev–Trinajstić information content (AvgIpc) is 2.91. The lowest BCUT2D eigenvalue weighted by Gasteiger charge is -2.49. The molecule has 21 nitrogen and oxygen atoms in total.